The van der Waals surface area contributed by atoms with E-state index in [-0.39, 0.29) is 34.4 Å². The zero-order chi connectivity index (χ0) is 21.2. The van der Waals surface area contributed by atoms with E-state index in [9.17, 15) is 14.0 Å². The summed E-state index contributed by atoms with van der Waals surface area (Å²) in [6, 6.07) is 9.10. The smallest absolute Gasteiger partial charge is 0.252 e. The molecule has 0 aliphatic heterocycles. The van der Waals surface area contributed by atoms with Crippen LogP contribution in [0.5, 0.6) is 0 Å². The molecule has 9 heteroatoms. The van der Waals surface area contributed by atoms with Crippen LogP contribution < -0.4 is 10.9 Å². The second kappa shape index (κ2) is 8.20. The number of anilines is 1. The number of thioether (sulfide) groups is 1. The predicted molar refractivity (Wildman–Crippen MR) is 111 cm³/mol. The van der Waals surface area contributed by atoms with Gasteiger partial charge in [-0.15, -0.1) is 11.8 Å². The third kappa shape index (κ3) is 5.32. The van der Waals surface area contributed by atoms with Crippen LogP contribution >= 0.6 is 11.8 Å². The van der Waals surface area contributed by atoms with Crippen molar-refractivity contribution >= 4 is 23.5 Å². The maximum Gasteiger partial charge on any atom is 0.252 e. The number of hydrogen-bond donors (Lipinski definition) is 2. The molecule has 7 nitrogen and oxygen atoms in total. The molecule has 0 fully saturated rings. The summed E-state index contributed by atoms with van der Waals surface area (Å²) < 4.78 is 14.4. The minimum atomic E-state index is -0.322. The Morgan fingerprint density at radius 2 is 1.93 bits per heavy atom. The van der Waals surface area contributed by atoms with Crippen molar-refractivity contribution in [1.29, 1.82) is 0 Å². The molecular weight excluding hydrogens is 393 g/mol. The summed E-state index contributed by atoms with van der Waals surface area (Å²) in [5.41, 5.74) is 0.714. The SMILES string of the molecule is Cc1cc(=O)[nH]c(-n2nc(C(C)(C)C)cc2NC(=O)CSc2ccc(F)cc2)n1. The number of amides is 1. The Labute approximate surface area is 171 Å². The molecule has 0 atom stereocenters. The Balaban J connectivity index is 1.85. The molecule has 0 saturated carbocycles. The van der Waals surface area contributed by atoms with E-state index in [2.05, 4.69) is 20.4 Å². The van der Waals surface area contributed by atoms with Gasteiger partial charge >= 0.3 is 0 Å². The van der Waals surface area contributed by atoms with Gasteiger partial charge < -0.3 is 5.32 Å². The van der Waals surface area contributed by atoms with Crippen molar-refractivity contribution in [3.63, 3.8) is 0 Å². The lowest BCUT2D eigenvalue weighted by atomic mass is 9.92. The highest BCUT2D eigenvalue weighted by atomic mass is 32.2. The van der Waals surface area contributed by atoms with Gasteiger partial charge in [0.1, 0.15) is 11.6 Å². The summed E-state index contributed by atoms with van der Waals surface area (Å²) in [5.74, 6) is 0.202. The zero-order valence-corrected chi connectivity index (χ0v) is 17.4. The lowest BCUT2D eigenvalue weighted by molar-refractivity contribution is -0.113. The van der Waals surface area contributed by atoms with E-state index < -0.39 is 0 Å². The van der Waals surface area contributed by atoms with Crippen molar-refractivity contribution in [1.82, 2.24) is 19.7 Å². The molecule has 0 radical (unpaired) electrons. The summed E-state index contributed by atoms with van der Waals surface area (Å²) in [5, 5.41) is 7.36. The van der Waals surface area contributed by atoms with Crippen molar-refractivity contribution in [3.05, 3.63) is 64.0 Å². The van der Waals surface area contributed by atoms with Gasteiger partial charge in [0, 0.05) is 28.1 Å². The Morgan fingerprint density at radius 1 is 1.24 bits per heavy atom. The first-order chi connectivity index (χ1) is 13.6. The maximum atomic E-state index is 13.0. The van der Waals surface area contributed by atoms with Crippen LogP contribution in [0.15, 0.2) is 46.1 Å². The Hall–Kier alpha value is -2.94. The summed E-state index contributed by atoms with van der Waals surface area (Å²) in [4.78, 5) is 32.1. The molecule has 0 bridgehead atoms. The molecule has 152 valence electrons. The number of nitrogens with one attached hydrogen (secondary N) is 2. The standard InChI is InChI=1S/C20H22FN5O2S/c1-12-9-17(27)24-19(22-12)26-16(10-15(25-26)20(2,3)4)23-18(28)11-29-14-7-5-13(21)6-8-14/h5-10H,11H2,1-4H3,(H,23,28)(H,22,24,27). The molecule has 0 aliphatic rings. The lowest BCUT2D eigenvalue weighted by Crippen LogP contribution is -2.20. The number of aryl methyl sites for hydroxylation is 1. The quantitative estimate of drug-likeness (QED) is 0.623. The Bertz CT molecular complexity index is 1080. The minimum absolute atomic E-state index is 0.138. The van der Waals surface area contributed by atoms with Crippen LogP contribution in [0.25, 0.3) is 5.95 Å². The van der Waals surface area contributed by atoms with Crippen LogP contribution in [0.4, 0.5) is 10.2 Å². The molecule has 2 heterocycles. The Kier molecular flexibility index (Phi) is 5.88. The average molecular weight is 415 g/mol. The predicted octanol–water partition coefficient (Wildman–Crippen LogP) is 3.43. The molecule has 1 amide bonds. The van der Waals surface area contributed by atoms with E-state index in [1.54, 1.807) is 25.1 Å². The number of aromatic nitrogens is 4. The molecule has 2 N–H and O–H groups in total. The van der Waals surface area contributed by atoms with Gasteiger partial charge in [0.2, 0.25) is 11.9 Å². The molecule has 0 unspecified atom stereocenters. The first-order valence-electron chi connectivity index (χ1n) is 8.99. The van der Waals surface area contributed by atoms with Crippen molar-refractivity contribution in [2.24, 2.45) is 0 Å². The largest absolute Gasteiger partial charge is 0.310 e. The van der Waals surface area contributed by atoms with Gasteiger partial charge in [0.25, 0.3) is 5.56 Å². The third-order valence-electron chi connectivity index (χ3n) is 3.99. The van der Waals surface area contributed by atoms with Gasteiger partial charge in [-0.1, -0.05) is 20.8 Å². The van der Waals surface area contributed by atoms with Crippen LogP contribution in [0.3, 0.4) is 0 Å². The number of hydrogen-bond acceptors (Lipinski definition) is 5. The van der Waals surface area contributed by atoms with E-state index in [0.29, 0.717) is 11.5 Å². The topological polar surface area (TPSA) is 92.7 Å². The second-order valence-corrected chi connectivity index (χ2v) is 8.63. The van der Waals surface area contributed by atoms with Crippen LogP contribution in [0.2, 0.25) is 0 Å². The monoisotopic (exact) mass is 415 g/mol. The van der Waals surface area contributed by atoms with Crippen LogP contribution in [0, 0.1) is 12.7 Å². The van der Waals surface area contributed by atoms with Crippen LogP contribution in [-0.2, 0) is 10.2 Å². The maximum absolute atomic E-state index is 13.0. The number of nitrogens with zero attached hydrogens (tertiary/aromatic N) is 3. The normalized spacial score (nSPS) is 11.5. The first-order valence-corrected chi connectivity index (χ1v) is 9.97. The van der Waals surface area contributed by atoms with E-state index in [1.807, 2.05) is 20.8 Å². The fraction of sp³-hybridized carbons (Fsp3) is 0.300. The van der Waals surface area contributed by atoms with Crippen LogP contribution in [-0.4, -0.2) is 31.4 Å². The highest BCUT2D eigenvalue weighted by Gasteiger charge is 2.22. The molecule has 29 heavy (non-hydrogen) atoms. The fourth-order valence-corrected chi connectivity index (χ4v) is 3.22. The fourth-order valence-electron chi connectivity index (χ4n) is 2.52. The number of carbonyl (C=O) groups is 1. The van der Waals surface area contributed by atoms with Crippen LogP contribution in [0.1, 0.15) is 32.2 Å². The first kappa shape index (κ1) is 20.8. The van der Waals surface area contributed by atoms with Gasteiger partial charge in [0.15, 0.2) is 0 Å². The average Bonchev–Trinajstić information content (AvgIpc) is 3.04. The van der Waals surface area contributed by atoms with Crippen molar-refractivity contribution in [2.75, 3.05) is 11.1 Å². The lowest BCUT2D eigenvalue weighted by Gasteiger charge is -2.13. The number of rotatable bonds is 5. The molecular formula is C20H22FN5O2S. The van der Waals surface area contributed by atoms with Gasteiger partial charge in [0.05, 0.1) is 11.4 Å². The molecule has 0 aliphatic carbocycles. The summed E-state index contributed by atoms with van der Waals surface area (Å²) in [6.45, 7) is 7.72. The summed E-state index contributed by atoms with van der Waals surface area (Å²) in [6.07, 6.45) is 0. The Morgan fingerprint density at radius 3 is 2.55 bits per heavy atom. The van der Waals surface area contributed by atoms with E-state index in [0.717, 1.165) is 10.6 Å². The second-order valence-electron chi connectivity index (χ2n) is 7.58. The molecule has 2 aromatic heterocycles. The van der Waals surface area contributed by atoms with E-state index in [1.165, 1.54) is 34.6 Å². The minimum Gasteiger partial charge on any atom is -0.310 e. The van der Waals surface area contributed by atoms with Crippen molar-refractivity contribution in [3.8, 4) is 5.95 Å². The number of aromatic amines is 1. The zero-order valence-electron chi connectivity index (χ0n) is 16.6. The number of halogens is 1. The highest BCUT2D eigenvalue weighted by molar-refractivity contribution is 8.00. The molecule has 3 rings (SSSR count). The summed E-state index contributed by atoms with van der Waals surface area (Å²) in [7, 11) is 0. The molecule has 3 aromatic rings. The van der Waals surface area contributed by atoms with E-state index in [4.69, 9.17) is 0 Å². The van der Waals surface area contributed by atoms with Crippen molar-refractivity contribution < 1.29 is 9.18 Å². The summed E-state index contributed by atoms with van der Waals surface area (Å²) >= 11 is 1.29. The van der Waals surface area contributed by atoms with Gasteiger partial charge in [-0.25, -0.2) is 9.37 Å². The molecule has 0 saturated heterocycles. The molecule has 0 spiro atoms. The van der Waals surface area contributed by atoms with Gasteiger partial charge in [-0.3, -0.25) is 14.6 Å². The number of benzene rings is 1. The molecule has 1 aromatic carbocycles. The van der Waals surface area contributed by atoms with E-state index >= 15 is 0 Å². The number of carbonyl (C=O) groups excluding carboxylic acids is 1. The number of H-pyrrole nitrogens is 1. The van der Waals surface area contributed by atoms with Gasteiger partial charge in [-0.2, -0.15) is 9.78 Å². The van der Waals surface area contributed by atoms with Crippen molar-refractivity contribution in [2.45, 2.75) is 38.0 Å². The highest BCUT2D eigenvalue weighted by Crippen LogP contribution is 2.26. The van der Waals surface area contributed by atoms with Gasteiger partial charge in [-0.05, 0) is 31.2 Å². The third-order valence-corrected chi connectivity index (χ3v) is 5.00.